The van der Waals surface area contributed by atoms with Gasteiger partial charge in [0.1, 0.15) is 0 Å². The number of fused-ring (bicyclic) bond motifs is 1. The lowest BCUT2D eigenvalue weighted by atomic mass is 10.0. The van der Waals surface area contributed by atoms with Crippen LogP contribution < -0.4 is 14.4 Å². The molecule has 0 saturated heterocycles. The summed E-state index contributed by atoms with van der Waals surface area (Å²) in [4.78, 5) is 2.18. The molecule has 1 heterocycles. The van der Waals surface area contributed by atoms with Gasteiger partial charge in [0.2, 0.25) is 0 Å². The summed E-state index contributed by atoms with van der Waals surface area (Å²) in [7, 11) is 5.38. The minimum atomic E-state index is 0.799. The van der Waals surface area contributed by atoms with E-state index in [-0.39, 0.29) is 0 Å². The molecule has 0 saturated carbocycles. The molecule has 1 aromatic carbocycles. The highest BCUT2D eigenvalue weighted by Crippen LogP contribution is 2.40. The number of nitrogens with zero attached hydrogens (tertiary/aromatic N) is 1. The molecule has 70 valence electrons. The molecule has 3 heteroatoms. The normalized spacial score (nSPS) is 13.3. The van der Waals surface area contributed by atoms with Gasteiger partial charge in [-0.1, -0.05) is 0 Å². The summed E-state index contributed by atoms with van der Waals surface area (Å²) in [6.07, 6.45) is 0. The van der Waals surface area contributed by atoms with E-state index in [0.29, 0.717) is 0 Å². The third-order valence-corrected chi connectivity index (χ3v) is 2.40. The predicted octanol–water partition coefficient (Wildman–Crippen LogP) is 1.65. The zero-order chi connectivity index (χ0) is 9.42. The predicted molar refractivity (Wildman–Crippen MR) is 51.7 cm³/mol. The van der Waals surface area contributed by atoms with Crippen LogP contribution in [0, 0.1) is 0 Å². The molecule has 1 aliphatic rings. The topological polar surface area (TPSA) is 21.7 Å². The summed E-state index contributed by atoms with van der Waals surface area (Å²) in [6.45, 7) is 0.996. The molecule has 0 aliphatic carbocycles. The molecule has 13 heavy (non-hydrogen) atoms. The Bertz CT molecular complexity index is 336. The quantitative estimate of drug-likeness (QED) is 0.689. The average Bonchev–Trinajstić information content (AvgIpc) is 2.15. The van der Waals surface area contributed by atoms with Gasteiger partial charge in [-0.3, -0.25) is 0 Å². The molecule has 3 nitrogen and oxygen atoms in total. The van der Waals surface area contributed by atoms with Gasteiger partial charge in [-0.15, -0.1) is 0 Å². The summed E-state index contributed by atoms with van der Waals surface area (Å²) in [6, 6.07) is 4.05. The Morgan fingerprint density at radius 1 is 1.15 bits per heavy atom. The van der Waals surface area contributed by atoms with Crippen LogP contribution in [0.5, 0.6) is 11.5 Å². The van der Waals surface area contributed by atoms with Gasteiger partial charge in [0, 0.05) is 25.3 Å². The van der Waals surface area contributed by atoms with Crippen LogP contribution in [-0.2, 0) is 6.54 Å². The summed E-state index contributed by atoms with van der Waals surface area (Å²) in [5.74, 6) is 1.61. The summed E-state index contributed by atoms with van der Waals surface area (Å²) >= 11 is 0. The van der Waals surface area contributed by atoms with E-state index in [0.717, 1.165) is 18.0 Å². The number of hydrogen-bond acceptors (Lipinski definition) is 3. The maximum Gasteiger partial charge on any atom is 0.162 e. The second kappa shape index (κ2) is 2.83. The lowest BCUT2D eigenvalue weighted by Crippen LogP contribution is -2.27. The van der Waals surface area contributed by atoms with Crippen LogP contribution in [0.2, 0.25) is 0 Å². The number of ether oxygens (including phenoxy) is 2. The maximum atomic E-state index is 5.20. The Labute approximate surface area is 77.9 Å². The molecule has 0 amide bonds. The largest absolute Gasteiger partial charge is 0.493 e. The van der Waals surface area contributed by atoms with Crippen LogP contribution in [0.1, 0.15) is 5.56 Å². The average molecular weight is 179 g/mol. The van der Waals surface area contributed by atoms with Crippen LogP contribution >= 0.6 is 0 Å². The molecule has 0 fully saturated rings. The van der Waals surface area contributed by atoms with Gasteiger partial charge in [-0.2, -0.15) is 0 Å². The fourth-order valence-electron chi connectivity index (χ4n) is 1.64. The second-order valence-corrected chi connectivity index (χ2v) is 3.19. The van der Waals surface area contributed by atoms with Gasteiger partial charge in [-0.25, -0.2) is 0 Å². The minimum absolute atomic E-state index is 0.799. The van der Waals surface area contributed by atoms with E-state index in [1.807, 2.05) is 12.1 Å². The van der Waals surface area contributed by atoms with Crippen molar-refractivity contribution in [2.24, 2.45) is 0 Å². The first-order valence-corrected chi connectivity index (χ1v) is 4.22. The van der Waals surface area contributed by atoms with Crippen LogP contribution in [-0.4, -0.2) is 21.3 Å². The summed E-state index contributed by atoms with van der Waals surface area (Å²) in [5, 5.41) is 0. The van der Waals surface area contributed by atoms with Crippen molar-refractivity contribution in [3.05, 3.63) is 17.7 Å². The number of rotatable bonds is 2. The van der Waals surface area contributed by atoms with E-state index in [9.17, 15) is 0 Å². The molecule has 0 N–H and O–H groups in total. The van der Waals surface area contributed by atoms with Crippen LogP contribution in [0.4, 0.5) is 5.69 Å². The van der Waals surface area contributed by atoms with Crippen molar-refractivity contribution in [2.75, 3.05) is 26.2 Å². The van der Waals surface area contributed by atoms with E-state index < -0.39 is 0 Å². The number of hydrogen-bond donors (Lipinski definition) is 0. The molecular weight excluding hydrogens is 166 g/mol. The van der Waals surface area contributed by atoms with Crippen molar-refractivity contribution >= 4 is 5.69 Å². The maximum absolute atomic E-state index is 5.20. The van der Waals surface area contributed by atoms with E-state index in [1.54, 1.807) is 14.2 Å². The smallest absolute Gasteiger partial charge is 0.162 e. The van der Waals surface area contributed by atoms with Gasteiger partial charge < -0.3 is 14.4 Å². The standard InChI is InChI=1S/C10H13NO2/c1-11-6-7-4-9(12-2)10(13-3)5-8(7)11/h4-5H,6H2,1-3H3. The van der Waals surface area contributed by atoms with Crippen molar-refractivity contribution in [1.82, 2.24) is 0 Å². The first-order valence-electron chi connectivity index (χ1n) is 4.22. The van der Waals surface area contributed by atoms with Crippen molar-refractivity contribution in [2.45, 2.75) is 6.54 Å². The number of anilines is 1. The van der Waals surface area contributed by atoms with Crippen molar-refractivity contribution in [1.29, 1.82) is 0 Å². The minimum Gasteiger partial charge on any atom is -0.493 e. The third-order valence-electron chi connectivity index (χ3n) is 2.40. The molecule has 2 rings (SSSR count). The van der Waals surface area contributed by atoms with Gasteiger partial charge in [0.25, 0.3) is 0 Å². The Kier molecular flexibility index (Phi) is 1.79. The second-order valence-electron chi connectivity index (χ2n) is 3.19. The molecule has 0 radical (unpaired) electrons. The Balaban J connectivity index is 2.45. The highest BCUT2D eigenvalue weighted by Gasteiger charge is 2.21. The monoisotopic (exact) mass is 179 g/mol. The Morgan fingerprint density at radius 2 is 1.77 bits per heavy atom. The van der Waals surface area contributed by atoms with Crippen LogP contribution in [0.25, 0.3) is 0 Å². The molecule has 0 unspecified atom stereocenters. The van der Waals surface area contributed by atoms with E-state index >= 15 is 0 Å². The van der Waals surface area contributed by atoms with E-state index in [2.05, 4.69) is 11.9 Å². The first-order chi connectivity index (χ1) is 6.26. The van der Waals surface area contributed by atoms with E-state index in [4.69, 9.17) is 9.47 Å². The number of benzene rings is 1. The molecule has 1 aliphatic heterocycles. The van der Waals surface area contributed by atoms with Crippen molar-refractivity contribution in [3.8, 4) is 11.5 Å². The summed E-state index contributed by atoms with van der Waals surface area (Å²) in [5.41, 5.74) is 2.55. The van der Waals surface area contributed by atoms with Gasteiger partial charge in [0.15, 0.2) is 11.5 Å². The fraction of sp³-hybridized carbons (Fsp3) is 0.400. The van der Waals surface area contributed by atoms with Gasteiger partial charge in [0.05, 0.1) is 14.2 Å². The number of methoxy groups -OCH3 is 2. The van der Waals surface area contributed by atoms with Crippen molar-refractivity contribution < 1.29 is 9.47 Å². The molecule has 1 aromatic rings. The zero-order valence-corrected chi connectivity index (χ0v) is 8.13. The lowest BCUT2D eigenvalue weighted by Gasteiger charge is -2.33. The zero-order valence-electron chi connectivity index (χ0n) is 8.13. The lowest BCUT2D eigenvalue weighted by molar-refractivity contribution is 0.354. The summed E-state index contributed by atoms with van der Waals surface area (Å²) < 4.78 is 10.4. The van der Waals surface area contributed by atoms with Crippen molar-refractivity contribution in [3.63, 3.8) is 0 Å². The van der Waals surface area contributed by atoms with Crippen LogP contribution in [0.15, 0.2) is 12.1 Å². The SMILES string of the molecule is COc1cc2c(cc1OC)N(C)C2. The van der Waals surface area contributed by atoms with Crippen LogP contribution in [0.3, 0.4) is 0 Å². The van der Waals surface area contributed by atoms with Gasteiger partial charge >= 0.3 is 0 Å². The Morgan fingerprint density at radius 3 is 2.31 bits per heavy atom. The third kappa shape index (κ3) is 1.11. The molecule has 0 aromatic heterocycles. The molecule has 0 spiro atoms. The first kappa shape index (κ1) is 8.23. The highest BCUT2D eigenvalue weighted by molar-refractivity contribution is 5.67. The fourth-order valence-corrected chi connectivity index (χ4v) is 1.64. The highest BCUT2D eigenvalue weighted by atomic mass is 16.5. The molecular formula is C10H13NO2. The van der Waals surface area contributed by atoms with E-state index in [1.165, 1.54) is 11.3 Å². The molecule has 0 bridgehead atoms. The Hall–Kier alpha value is -1.38. The molecule has 0 atom stereocenters. The van der Waals surface area contributed by atoms with Gasteiger partial charge in [-0.05, 0) is 11.6 Å².